The first kappa shape index (κ1) is 13.2. The highest BCUT2D eigenvalue weighted by Gasteiger charge is 2.09. The van der Waals surface area contributed by atoms with Crippen molar-refractivity contribution >= 4 is 5.69 Å². The Kier molecular flexibility index (Phi) is 4.20. The lowest BCUT2D eigenvalue weighted by Gasteiger charge is -2.19. The van der Waals surface area contributed by atoms with E-state index in [9.17, 15) is 0 Å². The van der Waals surface area contributed by atoms with Crippen molar-refractivity contribution in [3.8, 4) is 6.07 Å². The summed E-state index contributed by atoms with van der Waals surface area (Å²) in [7, 11) is 0. The van der Waals surface area contributed by atoms with E-state index in [1.165, 1.54) is 5.56 Å². The normalized spacial score (nSPS) is 11.6. The van der Waals surface area contributed by atoms with E-state index in [0.717, 1.165) is 23.2 Å². The Balaban J connectivity index is 2.20. The van der Waals surface area contributed by atoms with Gasteiger partial charge in [0.2, 0.25) is 0 Å². The first-order valence-corrected chi connectivity index (χ1v) is 6.57. The predicted octanol–water partition coefficient (Wildman–Crippen LogP) is 4.43. The van der Waals surface area contributed by atoms with Crippen molar-refractivity contribution in [3.63, 3.8) is 0 Å². The Morgan fingerprint density at radius 3 is 2.47 bits per heavy atom. The number of nitrogens with one attached hydrogen (secondary N) is 1. The van der Waals surface area contributed by atoms with Crippen LogP contribution in [0.15, 0.2) is 48.5 Å². The van der Waals surface area contributed by atoms with Gasteiger partial charge in [0.25, 0.3) is 0 Å². The molecule has 0 radical (unpaired) electrons. The van der Waals surface area contributed by atoms with Gasteiger partial charge in [-0.1, -0.05) is 37.3 Å². The maximum absolute atomic E-state index is 8.94. The van der Waals surface area contributed by atoms with Gasteiger partial charge < -0.3 is 5.32 Å². The summed E-state index contributed by atoms with van der Waals surface area (Å²) in [6, 6.07) is 18.8. The minimum absolute atomic E-state index is 0.300. The molecule has 19 heavy (non-hydrogen) atoms. The second-order valence-corrected chi connectivity index (χ2v) is 4.66. The van der Waals surface area contributed by atoms with E-state index in [0.29, 0.717) is 6.04 Å². The monoisotopic (exact) mass is 250 g/mol. The molecular formula is C17H18N2. The number of hydrogen-bond donors (Lipinski definition) is 1. The van der Waals surface area contributed by atoms with Crippen molar-refractivity contribution in [2.45, 2.75) is 26.3 Å². The lowest BCUT2D eigenvalue weighted by Crippen LogP contribution is -2.09. The van der Waals surface area contributed by atoms with Gasteiger partial charge in [-0.25, -0.2) is 0 Å². The van der Waals surface area contributed by atoms with Gasteiger partial charge >= 0.3 is 0 Å². The largest absolute Gasteiger partial charge is 0.378 e. The molecule has 0 aromatic heterocycles. The van der Waals surface area contributed by atoms with E-state index < -0.39 is 0 Å². The molecule has 96 valence electrons. The zero-order chi connectivity index (χ0) is 13.7. The summed E-state index contributed by atoms with van der Waals surface area (Å²) in [4.78, 5) is 0. The van der Waals surface area contributed by atoms with Crippen molar-refractivity contribution in [3.05, 3.63) is 65.2 Å². The maximum atomic E-state index is 8.94. The number of benzene rings is 2. The average molecular weight is 250 g/mol. The van der Waals surface area contributed by atoms with Gasteiger partial charge in [-0.15, -0.1) is 0 Å². The number of nitrogens with zero attached hydrogens (tertiary/aromatic N) is 1. The summed E-state index contributed by atoms with van der Waals surface area (Å²) < 4.78 is 0. The summed E-state index contributed by atoms with van der Waals surface area (Å²) in [5, 5.41) is 12.5. The van der Waals surface area contributed by atoms with Crippen molar-refractivity contribution < 1.29 is 0 Å². The smallest absolute Gasteiger partial charge is 0.0994 e. The molecule has 0 aliphatic carbocycles. The van der Waals surface area contributed by atoms with Crippen molar-refractivity contribution in [1.82, 2.24) is 0 Å². The molecule has 0 aliphatic heterocycles. The Bertz CT molecular complexity index is 582. The molecule has 2 nitrogen and oxygen atoms in total. The van der Waals surface area contributed by atoms with Gasteiger partial charge in [-0.05, 0) is 42.7 Å². The summed E-state index contributed by atoms with van der Waals surface area (Å²) in [5.74, 6) is 0. The van der Waals surface area contributed by atoms with E-state index >= 15 is 0 Å². The van der Waals surface area contributed by atoms with Crippen LogP contribution in [0.1, 0.15) is 36.1 Å². The van der Waals surface area contributed by atoms with Crippen LogP contribution < -0.4 is 5.32 Å². The SMILES string of the molecule is CCC(Nc1ccc(C#N)c(C)c1)c1ccccc1. The molecule has 2 aromatic rings. The average Bonchev–Trinajstić information content (AvgIpc) is 2.46. The number of rotatable bonds is 4. The van der Waals surface area contributed by atoms with Crippen LogP contribution in [0, 0.1) is 18.3 Å². The molecular weight excluding hydrogens is 232 g/mol. The van der Waals surface area contributed by atoms with Crippen LogP contribution in [-0.2, 0) is 0 Å². The second-order valence-electron chi connectivity index (χ2n) is 4.66. The van der Waals surface area contributed by atoms with Gasteiger partial charge in [0, 0.05) is 5.69 Å². The van der Waals surface area contributed by atoms with Crippen LogP contribution in [-0.4, -0.2) is 0 Å². The summed E-state index contributed by atoms with van der Waals surface area (Å²) in [5.41, 5.74) is 4.09. The van der Waals surface area contributed by atoms with Gasteiger partial charge in [0.15, 0.2) is 0 Å². The third kappa shape index (κ3) is 3.14. The molecule has 1 atom stereocenters. The van der Waals surface area contributed by atoms with Crippen LogP contribution in [0.3, 0.4) is 0 Å². The van der Waals surface area contributed by atoms with Crippen LogP contribution >= 0.6 is 0 Å². The second kappa shape index (κ2) is 6.06. The molecule has 1 N–H and O–H groups in total. The van der Waals surface area contributed by atoms with E-state index in [4.69, 9.17) is 5.26 Å². The van der Waals surface area contributed by atoms with Crippen LogP contribution in [0.5, 0.6) is 0 Å². The third-order valence-electron chi connectivity index (χ3n) is 3.30. The highest BCUT2D eigenvalue weighted by Crippen LogP contribution is 2.23. The first-order chi connectivity index (χ1) is 9.24. The number of nitriles is 1. The van der Waals surface area contributed by atoms with Gasteiger partial charge in [-0.3, -0.25) is 0 Å². The van der Waals surface area contributed by atoms with Gasteiger partial charge in [0.1, 0.15) is 0 Å². The quantitative estimate of drug-likeness (QED) is 0.871. The van der Waals surface area contributed by atoms with Gasteiger partial charge in [0.05, 0.1) is 17.7 Å². The summed E-state index contributed by atoms with van der Waals surface area (Å²) in [6.45, 7) is 4.13. The van der Waals surface area contributed by atoms with Crippen LogP contribution in [0.4, 0.5) is 5.69 Å². The molecule has 0 fully saturated rings. The molecule has 0 aliphatic rings. The highest BCUT2D eigenvalue weighted by molar-refractivity contribution is 5.52. The maximum Gasteiger partial charge on any atom is 0.0994 e. The molecule has 2 rings (SSSR count). The molecule has 0 spiro atoms. The molecule has 0 bridgehead atoms. The fourth-order valence-electron chi connectivity index (χ4n) is 2.19. The van der Waals surface area contributed by atoms with E-state index in [1.807, 2.05) is 31.2 Å². The molecule has 2 heteroatoms. The first-order valence-electron chi connectivity index (χ1n) is 6.57. The van der Waals surface area contributed by atoms with Crippen molar-refractivity contribution in [1.29, 1.82) is 5.26 Å². The minimum Gasteiger partial charge on any atom is -0.378 e. The molecule has 0 amide bonds. The lowest BCUT2D eigenvalue weighted by atomic mass is 10.0. The van der Waals surface area contributed by atoms with Crippen LogP contribution in [0.25, 0.3) is 0 Å². The minimum atomic E-state index is 0.300. The zero-order valence-electron chi connectivity index (χ0n) is 11.4. The van der Waals surface area contributed by atoms with Crippen molar-refractivity contribution in [2.24, 2.45) is 0 Å². The van der Waals surface area contributed by atoms with Gasteiger partial charge in [-0.2, -0.15) is 5.26 Å². The molecule has 0 saturated carbocycles. The molecule has 1 unspecified atom stereocenters. The Labute approximate surface area is 114 Å². The topological polar surface area (TPSA) is 35.8 Å². The lowest BCUT2D eigenvalue weighted by molar-refractivity contribution is 0.749. The van der Waals surface area contributed by atoms with Crippen molar-refractivity contribution in [2.75, 3.05) is 5.32 Å². The Morgan fingerprint density at radius 1 is 1.16 bits per heavy atom. The van der Waals surface area contributed by atoms with Crippen LogP contribution in [0.2, 0.25) is 0 Å². The summed E-state index contributed by atoms with van der Waals surface area (Å²) in [6.07, 6.45) is 1.02. The number of hydrogen-bond acceptors (Lipinski definition) is 2. The number of aryl methyl sites for hydroxylation is 1. The molecule has 0 heterocycles. The molecule has 2 aromatic carbocycles. The zero-order valence-corrected chi connectivity index (χ0v) is 11.4. The fraction of sp³-hybridized carbons (Fsp3) is 0.235. The van der Waals surface area contributed by atoms with E-state index in [-0.39, 0.29) is 0 Å². The fourth-order valence-corrected chi connectivity index (χ4v) is 2.19. The third-order valence-corrected chi connectivity index (χ3v) is 3.30. The van der Waals surface area contributed by atoms with E-state index in [2.05, 4.69) is 42.6 Å². The standard InChI is InChI=1S/C17H18N2/c1-3-17(14-7-5-4-6-8-14)19-16-10-9-15(12-18)13(2)11-16/h4-11,17,19H,3H2,1-2H3. The Morgan fingerprint density at radius 2 is 1.89 bits per heavy atom. The Hall–Kier alpha value is -2.27. The predicted molar refractivity (Wildman–Crippen MR) is 79.0 cm³/mol. The molecule has 0 saturated heterocycles. The van der Waals surface area contributed by atoms with E-state index in [1.54, 1.807) is 0 Å². The number of anilines is 1. The highest BCUT2D eigenvalue weighted by atomic mass is 14.9. The summed E-state index contributed by atoms with van der Waals surface area (Å²) >= 11 is 0.